The van der Waals surface area contributed by atoms with Crippen molar-refractivity contribution in [1.29, 1.82) is 0 Å². The van der Waals surface area contributed by atoms with Gasteiger partial charge in [0.25, 0.3) is 0 Å². The number of rotatable bonds is 7. The van der Waals surface area contributed by atoms with Crippen LogP contribution in [0.4, 0.5) is 0 Å². The topological polar surface area (TPSA) is 106 Å². The standard InChI is InChI=1S/C21H22O9/c1-24-13-7-10(8-14(25-2)17(13)26-3)12-9-11(22)15-18(30-12)16(23)20(28-5)21(29-6)19(15)27-4/h7-9,23H,1-6H3. The molecule has 0 radical (unpaired) electrons. The van der Waals surface area contributed by atoms with Crippen molar-refractivity contribution in [1.82, 2.24) is 0 Å². The Morgan fingerprint density at radius 3 is 1.70 bits per heavy atom. The molecule has 0 atom stereocenters. The molecule has 0 aliphatic heterocycles. The Kier molecular flexibility index (Phi) is 5.81. The second-order valence-electron chi connectivity index (χ2n) is 6.04. The molecule has 2 aromatic carbocycles. The van der Waals surface area contributed by atoms with Gasteiger partial charge in [-0.05, 0) is 12.1 Å². The quantitative estimate of drug-likeness (QED) is 0.619. The lowest BCUT2D eigenvalue weighted by molar-refractivity contribution is 0.312. The highest BCUT2D eigenvalue weighted by Gasteiger charge is 2.26. The first-order chi connectivity index (χ1) is 14.4. The SMILES string of the molecule is COc1cc(-c2cc(=O)c3c(OC)c(OC)c(OC)c(O)c3o2)cc(OC)c1OC. The Hall–Kier alpha value is -3.75. The summed E-state index contributed by atoms with van der Waals surface area (Å²) in [6.07, 6.45) is 0. The predicted molar refractivity (Wildman–Crippen MR) is 109 cm³/mol. The Bertz CT molecular complexity index is 1120. The van der Waals surface area contributed by atoms with E-state index < -0.39 is 11.2 Å². The lowest BCUT2D eigenvalue weighted by atomic mass is 10.1. The van der Waals surface area contributed by atoms with E-state index in [0.717, 1.165) is 0 Å². The van der Waals surface area contributed by atoms with Crippen molar-refractivity contribution in [3.8, 4) is 51.6 Å². The van der Waals surface area contributed by atoms with E-state index in [-0.39, 0.29) is 34.0 Å². The number of aromatic hydroxyl groups is 1. The minimum Gasteiger partial charge on any atom is -0.502 e. The molecule has 0 unspecified atom stereocenters. The van der Waals surface area contributed by atoms with Gasteiger partial charge >= 0.3 is 0 Å². The van der Waals surface area contributed by atoms with Crippen molar-refractivity contribution in [2.24, 2.45) is 0 Å². The van der Waals surface area contributed by atoms with Gasteiger partial charge in [0.2, 0.25) is 23.0 Å². The highest BCUT2D eigenvalue weighted by molar-refractivity contribution is 5.95. The van der Waals surface area contributed by atoms with Crippen molar-refractivity contribution in [3.05, 3.63) is 28.4 Å². The average Bonchev–Trinajstić information content (AvgIpc) is 2.77. The van der Waals surface area contributed by atoms with E-state index in [1.807, 2.05) is 0 Å². The van der Waals surface area contributed by atoms with Crippen LogP contribution in [0.25, 0.3) is 22.3 Å². The van der Waals surface area contributed by atoms with Gasteiger partial charge in [0, 0.05) is 11.6 Å². The highest BCUT2D eigenvalue weighted by atomic mass is 16.5. The number of hydrogen-bond acceptors (Lipinski definition) is 9. The van der Waals surface area contributed by atoms with E-state index >= 15 is 0 Å². The predicted octanol–water partition coefficient (Wildman–Crippen LogP) is 3.22. The molecule has 0 saturated carbocycles. The monoisotopic (exact) mass is 418 g/mol. The van der Waals surface area contributed by atoms with E-state index in [4.69, 9.17) is 32.8 Å². The van der Waals surface area contributed by atoms with Crippen molar-refractivity contribution in [2.45, 2.75) is 0 Å². The number of benzene rings is 2. The summed E-state index contributed by atoms with van der Waals surface area (Å²) in [5.41, 5.74) is -0.0921. The van der Waals surface area contributed by atoms with Crippen molar-refractivity contribution in [2.75, 3.05) is 42.7 Å². The molecule has 0 amide bonds. The van der Waals surface area contributed by atoms with Crippen LogP contribution < -0.4 is 33.8 Å². The molecule has 3 aromatic rings. The van der Waals surface area contributed by atoms with Gasteiger partial charge in [-0.3, -0.25) is 4.79 Å². The molecule has 0 saturated heterocycles. The van der Waals surface area contributed by atoms with E-state index in [1.165, 1.54) is 48.7 Å². The normalized spacial score (nSPS) is 10.6. The van der Waals surface area contributed by atoms with Gasteiger partial charge < -0.3 is 37.9 Å². The molecular formula is C21H22O9. The summed E-state index contributed by atoms with van der Waals surface area (Å²) >= 11 is 0. The van der Waals surface area contributed by atoms with E-state index in [0.29, 0.717) is 22.8 Å². The minimum absolute atomic E-state index is 0.0174. The second-order valence-corrected chi connectivity index (χ2v) is 6.04. The molecule has 30 heavy (non-hydrogen) atoms. The zero-order chi connectivity index (χ0) is 22.0. The van der Waals surface area contributed by atoms with Gasteiger partial charge in [-0.25, -0.2) is 0 Å². The number of methoxy groups -OCH3 is 6. The Morgan fingerprint density at radius 2 is 1.23 bits per heavy atom. The van der Waals surface area contributed by atoms with Gasteiger partial charge in [0.15, 0.2) is 28.3 Å². The summed E-state index contributed by atoms with van der Waals surface area (Å²) in [5, 5.41) is 10.7. The Labute approximate surface area is 172 Å². The minimum atomic E-state index is -0.451. The third kappa shape index (κ3) is 3.18. The van der Waals surface area contributed by atoms with E-state index in [1.54, 1.807) is 12.1 Å². The smallest absolute Gasteiger partial charge is 0.211 e. The molecule has 9 heteroatoms. The third-order valence-electron chi connectivity index (χ3n) is 4.58. The molecule has 0 aliphatic carbocycles. The fraction of sp³-hybridized carbons (Fsp3) is 0.286. The van der Waals surface area contributed by atoms with Crippen LogP contribution >= 0.6 is 0 Å². The first-order valence-electron chi connectivity index (χ1n) is 8.74. The van der Waals surface area contributed by atoms with Crippen LogP contribution in [0.1, 0.15) is 0 Å². The van der Waals surface area contributed by atoms with Crippen LogP contribution in [0, 0.1) is 0 Å². The summed E-state index contributed by atoms with van der Waals surface area (Å²) in [6, 6.07) is 4.53. The van der Waals surface area contributed by atoms with Crippen LogP contribution in [0.15, 0.2) is 27.4 Å². The maximum atomic E-state index is 13.0. The molecule has 1 heterocycles. The molecule has 0 fully saturated rings. The van der Waals surface area contributed by atoms with Crippen LogP contribution in [-0.2, 0) is 0 Å². The molecule has 1 N–H and O–H groups in total. The zero-order valence-electron chi connectivity index (χ0n) is 17.4. The number of phenolic OH excluding ortho intramolecular Hbond substituents is 1. The molecule has 160 valence electrons. The van der Waals surface area contributed by atoms with Crippen LogP contribution in [-0.4, -0.2) is 47.8 Å². The Balaban J connectivity index is 2.38. The summed E-state index contributed by atoms with van der Waals surface area (Å²) in [5.74, 6) is 1.07. The van der Waals surface area contributed by atoms with Gasteiger partial charge in [-0.15, -0.1) is 0 Å². The van der Waals surface area contributed by atoms with E-state index in [2.05, 4.69) is 0 Å². The van der Waals surface area contributed by atoms with Gasteiger partial charge in [0.05, 0.1) is 42.7 Å². The summed E-state index contributed by atoms with van der Waals surface area (Å²) in [7, 11) is 8.54. The number of fused-ring (bicyclic) bond motifs is 1. The molecular weight excluding hydrogens is 396 g/mol. The molecule has 3 rings (SSSR count). The lowest BCUT2D eigenvalue weighted by Crippen LogP contribution is -2.06. The van der Waals surface area contributed by atoms with Crippen molar-refractivity contribution < 1.29 is 37.9 Å². The van der Waals surface area contributed by atoms with Crippen molar-refractivity contribution >= 4 is 11.0 Å². The molecule has 0 aliphatic rings. The third-order valence-corrected chi connectivity index (χ3v) is 4.58. The molecule has 9 nitrogen and oxygen atoms in total. The van der Waals surface area contributed by atoms with Crippen molar-refractivity contribution in [3.63, 3.8) is 0 Å². The first kappa shape index (κ1) is 21.0. The van der Waals surface area contributed by atoms with Crippen LogP contribution in [0.5, 0.6) is 40.2 Å². The zero-order valence-corrected chi connectivity index (χ0v) is 17.4. The average molecular weight is 418 g/mol. The summed E-state index contributed by atoms with van der Waals surface area (Å²) < 4.78 is 37.8. The second kappa shape index (κ2) is 8.32. The summed E-state index contributed by atoms with van der Waals surface area (Å²) in [4.78, 5) is 13.0. The fourth-order valence-electron chi connectivity index (χ4n) is 3.24. The lowest BCUT2D eigenvalue weighted by Gasteiger charge is -2.17. The maximum absolute atomic E-state index is 13.0. The Morgan fingerprint density at radius 1 is 0.700 bits per heavy atom. The largest absolute Gasteiger partial charge is 0.502 e. The fourth-order valence-corrected chi connectivity index (χ4v) is 3.24. The number of ether oxygens (including phenoxy) is 6. The maximum Gasteiger partial charge on any atom is 0.211 e. The van der Waals surface area contributed by atoms with Gasteiger partial charge in [-0.2, -0.15) is 0 Å². The molecule has 0 spiro atoms. The van der Waals surface area contributed by atoms with Crippen LogP contribution in [0.2, 0.25) is 0 Å². The number of phenols is 1. The highest BCUT2D eigenvalue weighted by Crippen LogP contribution is 2.50. The van der Waals surface area contributed by atoms with E-state index in [9.17, 15) is 9.90 Å². The van der Waals surface area contributed by atoms with Crippen LogP contribution in [0.3, 0.4) is 0 Å². The molecule has 0 bridgehead atoms. The molecule has 1 aromatic heterocycles. The van der Waals surface area contributed by atoms with Gasteiger partial charge in [0.1, 0.15) is 11.1 Å². The first-order valence-corrected chi connectivity index (χ1v) is 8.74. The number of hydrogen-bond donors (Lipinski definition) is 1. The summed E-state index contributed by atoms with van der Waals surface area (Å²) in [6.45, 7) is 0. The van der Waals surface area contributed by atoms with Gasteiger partial charge in [-0.1, -0.05) is 0 Å².